The Labute approximate surface area is 59.3 Å². The van der Waals surface area contributed by atoms with Crippen molar-refractivity contribution in [3.63, 3.8) is 0 Å². The van der Waals surface area contributed by atoms with Gasteiger partial charge in [-0.15, -0.1) is 0 Å². The first-order valence-electron chi connectivity index (χ1n) is 3.10. The van der Waals surface area contributed by atoms with Crippen molar-refractivity contribution in [1.29, 1.82) is 0 Å². The van der Waals surface area contributed by atoms with Gasteiger partial charge in [0.15, 0.2) is 0 Å². The first kappa shape index (κ1) is 5.36. The molecule has 1 radical (unpaired) electrons. The molecule has 1 heteroatoms. The van der Waals surface area contributed by atoms with Crippen LogP contribution in [0.4, 0.5) is 0 Å². The SMILES string of the molecule is [C]1=C2SC=CC=C2CC1. The van der Waals surface area contributed by atoms with E-state index in [9.17, 15) is 0 Å². The third-order valence-corrected chi connectivity index (χ3v) is 2.47. The number of rotatable bonds is 0. The van der Waals surface area contributed by atoms with Crippen molar-refractivity contribution < 1.29 is 0 Å². The zero-order valence-corrected chi connectivity index (χ0v) is 5.87. The maximum atomic E-state index is 3.32. The van der Waals surface area contributed by atoms with Gasteiger partial charge in [0.05, 0.1) is 0 Å². The summed E-state index contributed by atoms with van der Waals surface area (Å²) in [6, 6.07) is 0. The van der Waals surface area contributed by atoms with Gasteiger partial charge in [-0.05, 0) is 29.9 Å². The fourth-order valence-corrected chi connectivity index (χ4v) is 1.88. The Kier molecular flexibility index (Phi) is 1.23. The first-order chi connectivity index (χ1) is 4.47. The Bertz CT molecular complexity index is 209. The molecule has 2 rings (SSSR count). The maximum Gasteiger partial charge on any atom is 0.0183 e. The molecule has 0 unspecified atom stereocenters. The quantitative estimate of drug-likeness (QED) is 0.492. The lowest BCUT2D eigenvalue weighted by atomic mass is 10.2. The van der Waals surface area contributed by atoms with Gasteiger partial charge in [-0.25, -0.2) is 0 Å². The van der Waals surface area contributed by atoms with Crippen molar-refractivity contribution in [2.24, 2.45) is 0 Å². The van der Waals surface area contributed by atoms with Crippen LogP contribution in [0.1, 0.15) is 12.8 Å². The van der Waals surface area contributed by atoms with Crippen molar-refractivity contribution in [3.05, 3.63) is 34.1 Å². The molecule has 0 N–H and O–H groups in total. The van der Waals surface area contributed by atoms with Crippen LogP contribution in [0.5, 0.6) is 0 Å². The average Bonchev–Trinajstić information content (AvgIpc) is 2.33. The van der Waals surface area contributed by atoms with Crippen LogP contribution in [0.15, 0.2) is 28.0 Å². The predicted molar refractivity (Wildman–Crippen MR) is 40.8 cm³/mol. The second-order valence-corrected chi connectivity index (χ2v) is 3.06. The molecule has 1 aliphatic carbocycles. The highest BCUT2D eigenvalue weighted by Crippen LogP contribution is 2.36. The lowest BCUT2D eigenvalue weighted by Crippen LogP contribution is -1.78. The van der Waals surface area contributed by atoms with Gasteiger partial charge < -0.3 is 0 Å². The predicted octanol–water partition coefficient (Wildman–Crippen LogP) is 2.65. The highest BCUT2D eigenvalue weighted by Gasteiger charge is 2.11. The van der Waals surface area contributed by atoms with E-state index >= 15 is 0 Å². The van der Waals surface area contributed by atoms with Crippen LogP contribution < -0.4 is 0 Å². The van der Waals surface area contributed by atoms with E-state index in [4.69, 9.17) is 0 Å². The fourth-order valence-electron chi connectivity index (χ4n) is 1.08. The van der Waals surface area contributed by atoms with Gasteiger partial charge in [0.25, 0.3) is 0 Å². The van der Waals surface area contributed by atoms with Gasteiger partial charge in [-0.1, -0.05) is 23.9 Å². The smallest absolute Gasteiger partial charge is 0.0183 e. The molecule has 0 saturated heterocycles. The molecule has 0 aromatic heterocycles. The molecule has 0 aromatic carbocycles. The Morgan fingerprint density at radius 1 is 1.56 bits per heavy atom. The summed E-state index contributed by atoms with van der Waals surface area (Å²) in [6.45, 7) is 0. The maximum absolute atomic E-state index is 3.32. The Balaban J connectivity index is 2.37. The van der Waals surface area contributed by atoms with E-state index in [1.165, 1.54) is 16.9 Å². The third kappa shape index (κ3) is 0.855. The van der Waals surface area contributed by atoms with E-state index in [1.54, 1.807) is 11.8 Å². The molecule has 0 nitrogen and oxygen atoms in total. The van der Waals surface area contributed by atoms with E-state index < -0.39 is 0 Å². The molecule has 1 heterocycles. The van der Waals surface area contributed by atoms with Gasteiger partial charge in [-0.3, -0.25) is 0 Å². The zero-order valence-electron chi connectivity index (χ0n) is 5.05. The molecule has 0 atom stereocenters. The molecule has 0 spiro atoms. The van der Waals surface area contributed by atoms with Gasteiger partial charge in [0.2, 0.25) is 0 Å². The molecule has 2 aliphatic rings. The average molecular weight is 135 g/mol. The molecule has 0 amide bonds. The van der Waals surface area contributed by atoms with E-state index in [0.29, 0.717) is 0 Å². The Morgan fingerprint density at radius 3 is 3.44 bits per heavy atom. The summed E-state index contributed by atoms with van der Waals surface area (Å²) in [5.41, 5.74) is 1.47. The Morgan fingerprint density at radius 2 is 2.56 bits per heavy atom. The monoisotopic (exact) mass is 135 g/mol. The van der Waals surface area contributed by atoms with E-state index in [0.717, 1.165) is 6.42 Å². The lowest BCUT2D eigenvalue weighted by molar-refractivity contribution is 1.05. The van der Waals surface area contributed by atoms with Crippen molar-refractivity contribution in [2.75, 3.05) is 0 Å². The second kappa shape index (κ2) is 2.07. The van der Waals surface area contributed by atoms with Crippen LogP contribution in [0.2, 0.25) is 0 Å². The van der Waals surface area contributed by atoms with Crippen LogP contribution in [0, 0.1) is 6.08 Å². The van der Waals surface area contributed by atoms with Crippen LogP contribution >= 0.6 is 11.8 Å². The van der Waals surface area contributed by atoms with Crippen LogP contribution in [0.25, 0.3) is 0 Å². The number of hydrogen-bond donors (Lipinski definition) is 0. The minimum Gasteiger partial charge on any atom is -0.0975 e. The normalized spacial score (nSPS) is 23.1. The molecule has 9 heavy (non-hydrogen) atoms. The summed E-state index contributed by atoms with van der Waals surface area (Å²) in [5.74, 6) is 0. The number of hydrogen-bond acceptors (Lipinski definition) is 1. The van der Waals surface area contributed by atoms with Gasteiger partial charge in [0, 0.05) is 4.91 Å². The van der Waals surface area contributed by atoms with Gasteiger partial charge >= 0.3 is 0 Å². The second-order valence-electron chi connectivity index (χ2n) is 2.14. The van der Waals surface area contributed by atoms with E-state index in [1.807, 2.05) is 0 Å². The Hall–Kier alpha value is -0.430. The molecule has 0 bridgehead atoms. The zero-order chi connectivity index (χ0) is 6.10. The number of fused-ring (bicyclic) bond motifs is 1. The van der Waals surface area contributed by atoms with Crippen molar-refractivity contribution in [2.45, 2.75) is 12.8 Å². The molecular weight excluding hydrogens is 128 g/mol. The van der Waals surface area contributed by atoms with Crippen LogP contribution in [0.3, 0.4) is 0 Å². The standard InChI is InChI=1S/C8H7S/c1-3-7-4-2-6-9-8(7)5-1/h2,4,6H,1,3H2. The summed E-state index contributed by atoms with van der Waals surface area (Å²) in [4.78, 5) is 1.36. The lowest BCUT2D eigenvalue weighted by Gasteiger charge is -2.03. The van der Waals surface area contributed by atoms with Crippen molar-refractivity contribution >= 4 is 11.8 Å². The summed E-state index contributed by atoms with van der Waals surface area (Å²) in [5, 5.41) is 2.11. The summed E-state index contributed by atoms with van der Waals surface area (Å²) >= 11 is 1.79. The van der Waals surface area contributed by atoms with Crippen molar-refractivity contribution in [1.82, 2.24) is 0 Å². The largest absolute Gasteiger partial charge is 0.0975 e. The molecule has 45 valence electrons. The first-order valence-corrected chi connectivity index (χ1v) is 3.98. The molecule has 0 fully saturated rings. The third-order valence-electron chi connectivity index (χ3n) is 1.53. The minimum atomic E-state index is 1.12. The molecule has 1 aliphatic heterocycles. The van der Waals surface area contributed by atoms with Crippen LogP contribution in [-0.4, -0.2) is 0 Å². The topological polar surface area (TPSA) is 0 Å². The molecular formula is C8H7S. The fraction of sp³-hybridized carbons (Fsp3) is 0.250. The van der Waals surface area contributed by atoms with Crippen molar-refractivity contribution in [3.8, 4) is 0 Å². The van der Waals surface area contributed by atoms with E-state index in [2.05, 4.69) is 23.6 Å². The van der Waals surface area contributed by atoms with Gasteiger partial charge in [-0.2, -0.15) is 0 Å². The molecule has 0 aromatic rings. The highest BCUT2D eigenvalue weighted by molar-refractivity contribution is 8.06. The molecule has 0 saturated carbocycles. The summed E-state index contributed by atoms with van der Waals surface area (Å²) < 4.78 is 0. The number of thioether (sulfide) groups is 1. The van der Waals surface area contributed by atoms with Crippen LogP contribution in [-0.2, 0) is 0 Å². The summed E-state index contributed by atoms with van der Waals surface area (Å²) in [6.07, 6.45) is 9.93. The van der Waals surface area contributed by atoms with E-state index in [-0.39, 0.29) is 0 Å². The summed E-state index contributed by atoms with van der Waals surface area (Å²) in [7, 11) is 0. The van der Waals surface area contributed by atoms with Gasteiger partial charge in [0.1, 0.15) is 0 Å². The highest BCUT2D eigenvalue weighted by atomic mass is 32.2. The number of allylic oxidation sites excluding steroid dienone is 4. The minimum absolute atomic E-state index is 1.12.